The van der Waals surface area contributed by atoms with Crippen LogP contribution in [-0.2, 0) is 13.6 Å². The molecule has 2 aromatic rings. The summed E-state index contributed by atoms with van der Waals surface area (Å²) in [5.41, 5.74) is 0.897. The van der Waals surface area contributed by atoms with Gasteiger partial charge in [0.1, 0.15) is 11.6 Å². The average Bonchev–Trinajstić information content (AvgIpc) is 2.67. The fourth-order valence-electron chi connectivity index (χ4n) is 2.82. The third-order valence-corrected chi connectivity index (χ3v) is 3.94. The van der Waals surface area contributed by atoms with E-state index in [0.29, 0.717) is 0 Å². The quantitative estimate of drug-likeness (QED) is 0.924. The Balaban J connectivity index is 1.88. The first-order valence-electron chi connectivity index (χ1n) is 7.36. The maximum Gasteiger partial charge on any atom is 0.163 e. The molecule has 2 aromatic heterocycles. The summed E-state index contributed by atoms with van der Waals surface area (Å²) < 4.78 is 1.81. The molecule has 0 bridgehead atoms. The topological polar surface area (TPSA) is 58.9 Å². The van der Waals surface area contributed by atoms with E-state index in [-0.39, 0.29) is 0 Å². The number of likely N-dealkylation sites (tertiary alicyclic amines) is 1. The van der Waals surface area contributed by atoms with Gasteiger partial charge in [0, 0.05) is 14.1 Å². The van der Waals surface area contributed by atoms with E-state index >= 15 is 0 Å². The van der Waals surface area contributed by atoms with Crippen molar-refractivity contribution in [3.63, 3.8) is 0 Å². The summed E-state index contributed by atoms with van der Waals surface area (Å²) in [6.45, 7) is 3.14. The van der Waals surface area contributed by atoms with Gasteiger partial charge >= 0.3 is 0 Å². The normalized spacial score (nSPS) is 17.3. The van der Waals surface area contributed by atoms with Gasteiger partial charge in [0.15, 0.2) is 5.65 Å². The Hall–Kier alpha value is -1.69. The van der Waals surface area contributed by atoms with Gasteiger partial charge in [0.25, 0.3) is 0 Å². The van der Waals surface area contributed by atoms with Crippen LogP contribution in [-0.4, -0.2) is 44.8 Å². The van der Waals surface area contributed by atoms with Gasteiger partial charge < -0.3 is 5.32 Å². The highest BCUT2D eigenvalue weighted by molar-refractivity contribution is 5.86. The number of anilines is 1. The van der Waals surface area contributed by atoms with Crippen LogP contribution in [0.1, 0.15) is 31.5 Å². The molecule has 3 rings (SSSR count). The molecule has 3 heterocycles. The van der Waals surface area contributed by atoms with Crippen LogP contribution < -0.4 is 5.32 Å². The molecule has 1 fully saturated rings. The molecule has 6 nitrogen and oxygen atoms in total. The van der Waals surface area contributed by atoms with E-state index in [1.165, 1.54) is 25.7 Å². The second kappa shape index (κ2) is 5.75. The SMILES string of the molecule is CNc1nc(CN2CCCCCC2)nc2c1cnn2C. The minimum absolute atomic E-state index is 0.829. The highest BCUT2D eigenvalue weighted by atomic mass is 15.3. The van der Waals surface area contributed by atoms with Gasteiger partial charge in [-0.2, -0.15) is 5.10 Å². The predicted octanol–water partition coefficient (Wildman–Crippen LogP) is 1.78. The molecule has 0 aromatic carbocycles. The maximum atomic E-state index is 4.68. The van der Waals surface area contributed by atoms with Gasteiger partial charge in [-0.1, -0.05) is 12.8 Å². The number of nitrogens with one attached hydrogen (secondary N) is 1. The van der Waals surface area contributed by atoms with Gasteiger partial charge in [-0.25, -0.2) is 9.97 Å². The summed E-state index contributed by atoms with van der Waals surface area (Å²) >= 11 is 0. The van der Waals surface area contributed by atoms with Crippen molar-refractivity contribution >= 4 is 16.9 Å². The zero-order valence-corrected chi connectivity index (χ0v) is 12.3. The monoisotopic (exact) mass is 274 g/mol. The molecule has 0 atom stereocenters. The molecule has 0 spiro atoms. The first-order chi connectivity index (χ1) is 9.78. The van der Waals surface area contributed by atoms with E-state index in [1.807, 2.05) is 25.0 Å². The Labute approximate surface area is 119 Å². The number of hydrogen-bond donors (Lipinski definition) is 1. The Bertz CT molecular complexity index is 583. The molecule has 108 valence electrons. The third-order valence-electron chi connectivity index (χ3n) is 3.94. The Kier molecular flexibility index (Phi) is 3.82. The van der Waals surface area contributed by atoms with E-state index < -0.39 is 0 Å². The van der Waals surface area contributed by atoms with Gasteiger partial charge in [-0.15, -0.1) is 0 Å². The number of fused-ring (bicyclic) bond motifs is 1. The lowest BCUT2D eigenvalue weighted by atomic mass is 10.2. The number of aryl methyl sites for hydroxylation is 1. The van der Waals surface area contributed by atoms with Crippen molar-refractivity contribution in [3.05, 3.63) is 12.0 Å². The summed E-state index contributed by atoms with van der Waals surface area (Å²) in [5.74, 6) is 1.75. The zero-order valence-electron chi connectivity index (χ0n) is 12.3. The van der Waals surface area contributed by atoms with Crippen molar-refractivity contribution in [2.24, 2.45) is 7.05 Å². The molecule has 0 aliphatic carbocycles. The molecule has 0 unspecified atom stereocenters. The van der Waals surface area contributed by atoms with E-state index in [1.54, 1.807) is 0 Å². The lowest BCUT2D eigenvalue weighted by Crippen LogP contribution is -2.25. The molecular formula is C14H22N6. The number of hydrogen-bond acceptors (Lipinski definition) is 5. The Morgan fingerprint density at radius 2 is 1.90 bits per heavy atom. The molecule has 0 radical (unpaired) electrons. The summed E-state index contributed by atoms with van der Waals surface area (Å²) in [5, 5.41) is 8.40. The zero-order chi connectivity index (χ0) is 13.9. The number of nitrogens with zero attached hydrogens (tertiary/aromatic N) is 5. The first kappa shape index (κ1) is 13.3. The molecule has 20 heavy (non-hydrogen) atoms. The van der Waals surface area contributed by atoms with Crippen LogP contribution in [0.3, 0.4) is 0 Å². The number of rotatable bonds is 3. The molecule has 0 amide bonds. The minimum atomic E-state index is 0.829. The van der Waals surface area contributed by atoms with Crippen LogP contribution in [0.2, 0.25) is 0 Å². The largest absolute Gasteiger partial charge is 0.372 e. The van der Waals surface area contributed by atoms with Crippen molar-refractivity contribution in [1.82, 2.24) is 24.6 Å². The predicted molar refractivity (Wildman–Crippen MR) is 79.6 cm³/mol. The molecule has 1 N–H and O–H groups in total. The Morgan fingerprint density at radius 1 is 1.15 bits per heavy atom. The fraction of sp³-hybridized carbons (Fsp3) is 0.643. The van der Waals surface area contributed by atoms with Crippen LogP contribution in [0, 0.1) is 0 Å². The maximum absolute atomic E-state index is 4.68. The standard InChI is InChI=1S/C14H22N6/c1-15-13-11-9-16-19(2)14(11)18-12(17-13)10-20-7-5-3-4-6-8-20/h9H,3-8,10H2,1-2H3,(H,15,17,18). The van der Waals surface area contributed by atoms with Crippen molar-refractivity contribution in [2.75, 3.05) is 25.5 Å². The molecule has 1 saturated heterocycles. The van der Waals surface area contributed by atoms with Crippen LogP contribution >= 0.6 is 0 Å². The van der Waals surface area contributed by atoms with Crippen LogP contribution in [0.4, 0.5) is 5.82 Å². The van der Waals surface area contributed by atoms with Gasteiger partial charge in [-0.3, -0.25) is 9.58 Å². The second-order valence-corrected chi connectivity index (χ2v) is 5.43. The van der Waals surface area contributed by atoms with Crippen LogP contribution in [0.25, 0.3) is 11.0 Å². The highest BCUT2D eigenvalue weighted by Gasteiger charge is 2.14. The Morgan fingerprint density at radius 3 is 2.60 bits per heavy atom. The third kappa shape index (κ3) is 2.60. The van der Waals surface area contributed by atoms with E-state index in [0.717, 1.165) is 42.3 Å². The summed E-state index contributed by atoms with van der Waals surface area (Å²) in [6.07, 6.45) is 7.08. The highest BCUT2D eigenvalue weighted by Crippen LogP contribution is 2.20. The van der Waals surface area contributed by atoms with Crippen molar-refractivity contribution in [1.29, 1.82) is 0 Å². The first-order valence-corrected chi connectivity index (χ1v) is 7.36. The van der Waals surface area contributed by atoms with Crippen LogP contribution in [0.15, 0.2) is 6.20 Å². The van der Waals surface area contributed by atoms with Crippen molar-refractivity contribution < 1.29 is 0 Å². The number of aromatic nitrogens is 4. The van der Waals surface area contributed by atoms with Crippen molar-refractivity contribution in [2.45, 2.75) is 32.2 Å². The van der Waals surface area contributed by atoms with Crippen molar-refractivity contribution in [3.8, 4) is 0 Å². The summed E-state index contributed by atoms with van der Waals surface area (Å²) in [4.78, 5) is 11.8. The van der Waals surface area contributed by atoms with Gasteiger partial charge in [0.2, 0.25) is 0 Å². The minimum Gasteiger partial charge on any atom is -0.372 e. The second-order valence-electron chi connectivity index (χ2n) is 5.43. The van der Waals surface area contributed by atoms with E-state index in [2.05, 4.69) is 25.3 Å². The molecule has 1 aliphatic rings. The average molecular weight is 274 g/mol. The summed E-state index contributed by atoms with van der Waals surface area (Å²) in [6, 6.07) is 0. The molecule has 0 saturated carbocycles. The van der Waals surface area contributed by atoms with Gasteiger partial charge in [-0.05, 0) is 25.9 Å². The lowest BCUT2D eigenvalue weighted by molar-refractivity contribution is 0.270. The fourth-order valence-corrected chi connectivity index (χ4v) is 2.82. The van der Waals surface area contributed by atoms with Crippen LogP contribution in [0.5, 0.6) is 0 Å². The lowest BCUT2D eigenvalue weighted by Gasteiger charge is -2.19. The smallest absolute Gasteiger partial charge is 0.163 e. The molecule has 1 aliphatic heterocycles. The molecular weight excluding hydrogens is 252 g/mol. The summed E-state index contributed by atoms with van der Waals surface area (Å²) in [7, 11) is 3.81. The van der Waals surface area contributed by atoms with E-state index in [4.69, 9.17) is 0 Å². The van der Waals surface area contributed by atoms with E-state index in [9.17, 15) is 0 Å². The molecule has 6 heteroatoms. The van der Waals surface area contributed by atoms with Gasteiger partial charge in [0.05, 0.1) is 18.1 Å².